The van der Waals surface area contributed by atoms with Gasteiger partial charge in [0, 0.05) is 44.1 Å². The van der Waals surface area contributed by atoms with Crippen LogP contribution in [0.2, 0.25) is 0 Å². The molecule has 0 amide bonds. The molecule has 0 radical (unpaired) electrons. The summed E-state index contributed by atoms with van der Waals surface area (Å²) < 4.78 is 139. The second kappa shape index (κ2) is 16.0. The zero-order valence-electron chi connectivity index (χ0n) is 23.2. The van der Waals surface area contributed by atoms with E-state index in [0.29, 0.717) is 26.1 Å². The maximum atomic E-state index is 13.7. The second-order valence-electron chi connectivity index (χ2n) is 9.39. The maximum Gasteiger partial charge on any atom is 0.490 e. The lowest BCUT2D eigenvalue weighted by Gasteiger charge is -2.49. The summed E-state index contributed by atoms with van der Waals surface area (Å²) in [5, 5.41) is 21.4. The average Bonchev–Trinajstić information content (AvgIpc) is 3.18. The maximum absolute atomic E-state index is 13.7. The molecule has 2 aromatic heterocycles. The Labute approximate surface area is 257 Å². The topological polar surface area (TPSA) is 184 Å². The molecule has 2 aromatic rings. The Bertz CT molecular complexity index is 1410. The Balaban J connectivity index is 0.000000430. The van der Waals surface area contributed by atoms with Crippen LogP contribution in [0.25, 0.3) is 0 Å². The van der Waals surface area contributed by atoms with Crippen LogP contribution in [0, 0.1) is 11.7 Å². The first kappa shape index (κ1) is 40.7. The highest BCUT2D eigenvalue weighted by atomic mass is 32.2. The van der Waals surface area contributed by atoms with Gasteiger partial charge in [0.05, 0.1) is 12.4 Å². The van der Waals surface area contributed by atoms with E-state index in [1.165, 1.54) is 18.3 Å². The predicted molar refractivity (Wildman–Crippen MR) is 135 cm³/mol. The predicted octanol–water partition coefficient (Wildman–Crippen LogP) is 3.58. The van der Waals surface area contributed by atoms with Gasteiger partial charge in [-0.15, -0.1) is 0 Å². The summed E-state index contributed by atoms with van der Waals surface area (Å²) in [6, 6.07) is 6.62. The highest BCUT2D eigenvalue weighted by Gasteiger charge is 2.61. The zero-order valence-corrected chi connectivity index (χ0v) is 24.0. The lowest BCUT2D eigenvalue weighted by atomic mass is 9.83. The van der Waals surface area contributed by atoms with E-state index < -0.39 is 56.8 Å². The van der Waals surface area contributed by atoms with E-state index in [1.807, 2.05) is 12.1 Å². The molecule has 2 aliphatic heterocycles. The lowest BCUT2D eigenvalue weighted by molar-refractivity contribution is -0.193. The van der Waals surface area contributed by atoms with Crippen molar-refractivity contribution in [2.75, 3.05) is 25.4 Å². The largest absolute Gasteiger partial charge is 0.490 e. The van der Waals surface area contributed by atoms with Crippen molar-refractivity contribution in [3.63, 3.8) is 0 Å². The number of halogens is 10. The molecule has 0 aromatic carbocycles. The van der Waals surface area contributed by atoms with Crippen molar-refractivity contribution in [3.8, 4) is 5.88 Å². The van der Waals surface area contributed by atoms with Crippen LogP contribution >= 0.6 is 0 Å². The van der Waals surface area contributed by atoms with Crippen LogP contribution in [0.15, 0.2) is 42.9 Å². The molecule has 1 spiro atoms. The number of nitrogens with zero attached hydrogens (tertiary/aromatic N) is 3. The van der Waals surface area contributed by atoms with Crippen LogP contribution in [0.4, 0.5) is 43.9 Å². The first-order chi connectivity index (χ1) is 21.3. The van der Waals surface area contributed by atoms with Crippen molar-refractivity contribution in [2.45, 2.75) is 36.2 Å². The Hall–Kier alpha value is -4.28. The van der Waals surface area contributed by atoms with E-state index in [9.17, 15) is 52.3 Å². The van der Waals surface area contributed by atoms with Gasteiger partial charge >= 0.3 is 36.4 Å². The molecule has 2 saturated heterocycles. The molecular formula is C24H23F10N3O9S. The SMILES string of the molecule is O=C(O)C(F)(F)F.O=C(O)C(F)(F)F.O=C(O)C(F)(F)F.O=S1(=O)CCC(COc2ncccc2F)C12CN(Cc1cccnc1)C2. The third-order valence-corrected chi connectivity index (χ3v) is 8.69. The molecule has 264 valence electrons. The number of aliphatic carboxylic acids is 3. The van der Waals surface area contributed by atoms with Gasteiger partial charge in [0.1, 0.15) is 4.75 Å². The number of likely N-dealkylation sites (tertiary alicyclic amines) is 1. The van der Waals surface area contributed by atoms with Crippen LogP contribution in [0.1, 0.15) is 12.0 Å². The van der Waals surface area contributed by atoms with Gasteiger partial charge in [-0.3, -0.25) is 9.88 Å². The van der Waals surface area contributed by atoms with Crippen molar-refractivity contribution in [1.29, 1.82) is 0 Å². The van der Waals surface area contributed by atoms with Crippen LogP contribution in [-0.2, 0) is 30.8 Å². The van der Waals surface area contributed by atoms with Crippen molar-refractivity contribution >= 4 is 27.7 Å². The van der Waals surface area contributed by atoms with Gasteiger partial charge in [0.15, 0.2) is 15.7 Å². The normalized spacial score (nSPS) is 18.1. The number of hydrogen-bond acceptors (Lipinski definition) is 9. The molecule has 4 rings (SSSR count). The Morgan fingerprint density at radius 2 is 1.34 bits per heavy atom. The van der Waals surface area contributed by atoms with E-state index in [4.69, 9.17) is 34.4 Å². The molecule has 4 heterocycles. The standard InChI is InChI=1S/C18H20FN3O3S.3C2HF3O2/c19-16-4-2-7-21-17(16)25-11-15-5-8-26(23,24)18(15)12-22(13-18)10-14-3-1-6-20-9-14;3*3-2(4,5)1(6)7/h1-4,6-7,9,15H,5,8,10-13H2;3*(H,6,7). The first-order valence-corrected chi connectivity index (χ1v) is 14.0. The summed E-state index contributed by atoms with van der Waals surface area (Å²) in [5.41, 5.74) is 1.06. The molecule has 3 N–H and O–H groups in total. The number of carboxylic acid groups (broad SMARTS) is 3. The van der Waals surface area contributed by atoms with Crippen LogP contribution in [0.5, 0.6) is 5.88 Å². The number of aromatic nitrogens is 2. The van der Waals surface area contributed by atoms with E-state index >= 15 is 0 Å². The smallest absolute Gasteiger partial charge is 0.475 e. The van der Waals surface area contributed by atoms with Gasteiger partial charge < -0.3 is 20.1 Å². The van der Waals surface area contributed by atoms with Crippen LogP contribution in [0.3, 0.4) is 0 Å². The molecule has 2 fully saturated rings. The van der Waals surface area contributed by atoms with Crippen LogP contribution < -0.4 is 4.74 Å². The second-order valence-corrected chi connectivity index (χ2v) is 11.8. The molecule has 12 nitrogen and oxygen atoms in total. The molecule has 0 bridgehead atoms. The third-order valence-electron chi connectivity index (χ3n) is 6.08. The number of carboxylic acids is 3. The molecule has 0 saturated carbocycles. The zero-order chi connectivity index (χ0) is 36.4. The quantitative estimate of drug-likeness (QED) is 0.383. The summed E-state index contributed by atoms with van der Waals surface area (Å²) in [6.45, 7) is 1.79. The summed E-state index contributed by atoms with van der Waals surface area (Å²) in [6.07, 6.45) is -9.75. The lowest BCUT2D eigenvalue weighted by Crippen LogP contribution is -2.67. The Morgan fingerprint density at radius 1 is 0.872 bits per heavy atom. The minimum Gasteiger partial charge on any atom is -0.475 e. The summed E-state index contributed by atoms with van der Waals surface area (Å²) in [5.74, 6) is -8.87. The molecule has 2 aliphatic rings. The summed E-state index contributed by atoms with van der Waals surface area (Å²) in [4.78, 5) is 36.8. The number of hydrogen-bond donors (Lipinski definition) is 3. The monoisotopic (exact) mass is 719 g/mol. The van der Waals surface area contributed by atoms with Gasteiger partial charge in [-0.25, -0.2) is 32.2 Å². The summed E-state index contributed by atoms with van der Waals surface area (Å²) in [7, 11) is -3.19. The van der Waals surface area contributed by atoms with E-state index in [1.54, 1.807) is 12.4 Å². The Kier molecular flexibility index (Phi) is 13.9. The number of sulfone groups is 1. The molecule has 1 unspecified atom stereocenters. The number of carbonyl (C=O) groups is 3. The van der Waals surface area contributed by atoms with Gasteiger partial charge in [-0.2, -0.15) is 39.5 Å². The van der Waals surface area contributed by atoms with E-state index in [0.717, 1.165) is 5.56 Å². The van der Waals surface area contributed by atoms with Crippen molar-refractivity contribution < 1.29 is 86.8 Å². The molecule has 23 heteroatoms. The first-order valence-electron chi connectivity index (χ1n) is 12.3. The van der Waals surface area contributed by atoms with Gasteiger partial charge in [-0.1, -0.05) is 6.07 Å². The fourth-order valence-electron chi connectivity index (χ4n) is 3.94. The molecular weight excluding hydrogens is 696 g/mol. The minimum absolute atomic E-state index is 0.0708. The average molecular weight is 720 g/mol. The number of pyridine rings is 2. The van der Waals surface area contributed by atoms with Crippen molar-refractivity contribution in [2.24, 2.45) is 5.92 Å². The minimum atomic E-state index is -5.08. The number of rotatable bonds is 5. The third kappa shape index (κ3) is 12.4. The van der Waals surface area contributed by atoms with Crippen LogP contribution in [-0.4, -0.2) is 105 Å². The highest BCUT2D eigenvalue weighted by molar-refractivity contribution is 7.93. The van der Waals surface area contributed by atoms with E-state index in [-0.39, 0.29) is 24.2 Å². The molecule has 0 aliphatic carbocycles. The van der Waals surface area contributed by atoms with E-state index in [2.05, 4.69) is 14.9 Å². The fourth-order valence-corrected chi connectivity index (χ4v) is 6.39. The molecule has 47 heavy (non-hydrogen) atoms. The van der Waals surface area contributed by atoms with Gasteiger partial charge in [-0.05, 0) is 30.2 Å². The highest BCUT2D eigenvalue weighted by Crippen LogP contribution is 2.45. The van der Waals surface area contributed by atoms with Crippen molar-refractivity contribution in [3.05, 3.63) is 54.2 Å². The van der Waals surface area contributed by atoms with Gasteiger partial charge in [0.25, 0.3) is 0 Å². The number of ether oxygens (including phenoxy) is 1. The Morgan fingerprint density at radius 3 is 1.74 bits per heavy atom. The number of alkyl halides is 9. The van der Waals surface area contributed by atoms with Gasteiger partial charge in [0.2, 0.25) is 5.88 Å². The summed E-state index contributed by atoms with van der Waals surface area (Å²) >= 11 is 0. The fraction of sp³-hybridized carbons (Fsp3) is 0.458. The molecule has 1 atom stereocenters. The van der Waals surface area contributed by atoms with Crippen molar-refractivity contribution in [1.82, 2.24) is 14.9 Å².